The third kappa shape index (κ3) is 4.28. The molecule has 2 heterocycles. The van der Waals surface area contributed by atoms with Gasteiger partial charge in [0.25, 0.3) is 5.91 Å². The minimum atomic E-state index is -0.722. The predicted octanol–water partition coefficient (Wildman–Crippen LogP) is 4.40. The Kier molecular flexibility index (Phi) is 5.83. The molecule has 4 N–H and O–H groups in total. The number of carbonyl (C=O) groups is 2. The molecule has 0 aliphatic carbocycles. The van der Waals surface area contributed by atoms with E-state index < -0.39 is 11.7 Å². The Hall–Kier alpha value is -3.85. The summed E-state index contributed by atoms with van der Waals surface area (Å²) in [6.07, 6.45) is 0.723. The van der Waals surface area contributed by atoms with E-state index >= 15 is 0 Å². The van der Waals surface area contributed by atoms with Crippen molar-refractivity contribution in [1.29, 1.82) is 0 Å². The van der Waals surface area contributed by atoms with E-state index in [9.17, 15) is 14.4 Å². The van der Waals surface area contributed by atoms with Crippen molar-refractivity contribution in [3.8, 4) is 11.4 Å². The first-order valence-electron chi connectivity index (χ1n) is 9.95. The molecule has 0 aliphatic rings. The molecule has 0 saturated heterocycles. The number of halogens is 1. The lowest BCUT2D eigenvalue weighted by Crippen LogP contribution is -2.19. The lowest BCUT2D eigenvalue weighted by Gasteiger charge is -2.11. The van der Waals surface area contributed by atoms with Gasteiger partial charge in [-0.15, -0.1) is 0 Å². The Bertz CT molecular complexity index is 1370. The minimum Gasteiger partial charge on any atom is -0.349 e. The SMILES string of the molecule is CCC(C)C(=O)Nc1cccc2cc(C(=O)Nc3ccc(Cl)cc3-c3noc(=O)[nH]3)[nH]c12. The molecule has 2 aromatic carbocycles. The maximum atomic E-state index is 13.0. The first kappa shape index (κ1) is 21.4. The van der Waals surface area contributed by atoms with E-state index in [4.69, 9.17) is 11.6 Å². The number of aromatic nitrogens is 3. The van der Waals surface area contributed by atoms with Gasteiger partial charge < -0.3 is 15.6 Å². The fourth-order valence-electron chi connectivity index (χ4n) is 3.18. The third-order valence-corrected chi connectivity index (χ3v) is 5.38. The molecular weight excluding hydrogens is 434 g/mol. The number of hydrogen-bond acceptors (Lipinski definition) is 5. The van der Waals surface area contributed by atoms with Gasteiger partial charge in [-0.2, -0.15) is 0 Å². The van der Waals surface area contributed by atoms with E-state index in [0.29, 0.717) is 33.2 Å². The lowest BCUT2D eigenvalue weighted by molar-refractivity contribution is -0.119. The van der Waals surface area contributed by atoms with Crippen molar-refractivity contribution in [1.82, 2.24) is 15.1 Å². The van der Waals surface area contributed by atoms with Crippen LogP contribution in [0.15, 0.2) is 51.8 Å². The molecule has 10 heteroatoms. The summed E-state index contributed by atoms with van der Waals surface area (Å²) in [5, 5.41) is 10.5. The molecule has 1 atom stereocenters. The van der Waals surface area contributed by atoms with Gasteiger partial charge in [-0.25, -0.2) is 4.79 Å². The molecule has 0 saturated carbocycles. The molecule has 0 fully saturated rings. The van der Waals surface area contributed by atoms with Crippen molar-refractivity contribution in [2.45, 2.75) is 20.3 Å². The molecule has 9 nitrogen and oxygen atoms in total. The number of fused-ring (bicyclic) bond motifs is 1. The second-order valence-corrected chi connectivity index (χ2v) is 7.78. The van der Waals surface area contributed by atoms with Crippen LogP contribution in [0.5, 0.6) is 0 Å². The molecule has 0 bridgehead atoms. The first-order valence-corrected chi connectivity index (χ1v) is 10.3. The van der Waals surface area contributed by atoms with Crippen LogP contribution in [0.3, 0.4) is 0 Å². The molecule has 0 spiro atoms. The van der Waals surface area contributed by atoms with Crippen LogP contribution in [-0.2, 0) is 4.79 Å². The van der Waals surface area contributed by atoms with Gasteiger partial charge in [0.1, 0.15) is 5.69 Å². The number of H-pyrrole nitrogens is 2. The molecule has 2 amide bonds. The Labute approximate surface area is 187 Å². The number of benzene rings is 2. The standard InChI is InChI=1S/C22H20ClN5O4/c1-3-11(2)20(29)26-16-6-4-5-12-9-17(24-18(12)16)21(30)25-15-8-7-13(23)10-14(15)19-27-22(31)32-28-19/h4-11,24H,3H2,1-2H3,(H,25,30)(H,26,29)(H,27,28,31). The maximum Gasteiger partial charge on any atom is 0.439 e. The first-order chi connectivity index (χ1) is 15.4. The highest BCUT2D eigenvalue weighted by Crippen LogP contribution is 2.29. The zero-order valence-electron chi connectivity index (χ0n) is 17.3. The number of hydrogen-bond donors (Lipinski definition) is 4. The maximum absolute atomic E-state index is 13.0. The van der Waals surface area contributed by atoms with Crippen molar-refractivity contribution in [2.75, 3.05) is 10.6 Å². The highest BCUT2D eigenvalue weighted by molar-refractivity contribution is 6.31. The summed E-state index contributed by atoms with van der Waals surface area (Å²) >= 11 is 6.07. The lowest BCUT2D eigenvalue weighted by atomic mass is 10.1. The quantitative estimate of drug-likeness (QED) is 0.343. The van der Waals surface area contributed by atoms with Crippen LogP contribution in [0, 0.1) is 5.92 Å². The van der Waals surface area contributed by atoms with Crippen LogP contribution in [-0.4, -0.2) is 26.9 Å². The van der Waals surface area contributed by atoms with Crippen LogP contribution in [0.25, 0.3) is 22.3 Å². The summed E-state index contributed by atoms with van der Waals surface area (Å²) in [6.45, 7) is 3.80. The van der Waals surface area contributed by atoms with Gasteiger partial charge in [-0.3, -0.25) is 19.1 Å². The number of aromatic amines is 2. The van der Waals surface area contributed by atoms with Gasteiger partial charge in [-0.05, 0) is 36.8 Å². The van der Waals surface area contributed by atoms with Crippen molar-refractivity contribution in [3.05, 3.63) is 63.7 Å². The molecule has 1 unspecified atom stereocenters. The summed E-state index contributed by atoms with van der Waals surface area (Å²) in [6, 6.07) is 11.9. The largest absolute Gasteiger partial charge is 0.439 e. The Morgan fingerprint density at radius 2 is 1.94 bits per heavy atom. The van der Waals surface area contributed by atoms with E-state index in [-0.39, 0.29) is 17.6 Å². The number of carbonyl (C=O) groups excluding carboxylic acids is 2. The smallest absolute Gasteiger partial charge is 0.349 e. The van der Waals surface area contributed by atoms with Gasteiger partial charge in [0.2, 0.25) is 5.91 Å². The van der Waals surface area contributed by atoms with Gasteiger partial charge >= 0.3 is 5.76 Å². The molecule has 32 heavy (non-hydrogen) atoms. The van der Waals surface area contributed by atoms with E-state index in [1.807, 2.05) is 26.0 Å². The van der Waals surface area contributed by atoms with Crippen LogP contribution >= 0.6 is 11.6 Å². The van der Waals surface area contributed by atoms with E-state index in [2.05, 4.69) is 30.3 Å². The second kappa shape index (κ2) is 8.72. The molecule has 4 aromatic rings. The average Bonchev–Trinajstić information content (AvgIpc) is 3.41. The summed E-state index contributed by atoms with van der Waals surface area (Å²) in [7, 11) is 0. The van der Waals surface area contributed by atoms with Crippen LogP contribution < -0.4 is 16.4 Å². The van der Waals surface area contributed by atoms with Crippen molar-refractivity contribution >= 4 is 45.7 Å². The zero-order valence-corrected chi connectivity index (χ0v) is 18.0. The number of para-hydroxylation sites is 1. The number of nitrogens with zero attached hydrogens (tertiary/aromatic N) is 1. The predicted molar refractivity (Wildman–Crippen MR) is 122 cm³/mol. The molecule has 164 valence electrons. The van der Waals surface area contributed by atoms with Crippen molar-refractivity contribution in [2.24, 2.45) is 5.92 Å². The fraction of sp³-hybridized carbons (Fsp3) is 0.182. The fourth-order valence-corrected chi connectivity index (χ4v) is 3.35. The number of anilines is 2. The third-order valence-electron chi connectivity index (χ3n) is 5.14. The number of nitrogens with one attached hydrogen (secondary N) is 4. The number of amides is 2. The van der Waals surface area contributed by atoms with Gasteiger partial charge in [0.05, 0.1) is 16.9 Å². The van der Waals surface area contributed by atoms with E-state index in [0.717, 1.165) is 11.8 Å². The Morgan fingerprint density at radius 3 is 2.66 bits per heavy atom. The monoisotopic (exact) mass is 453 g/mol. The molecule has 4 rings (SSSR count). The molecule has 0 aliphatic heterocycles. The number of rotatable bonds is 6. The normalized spacial score (nSPS) is 12.0. The van der Waals surface area contributed by atoms with Gasteiger partial charge in [0.15, 0.2) is 5.82 Å². The Morgan fingerprint density at radius 1 is 1.12 bits per heavy atom. The van der Waals surface area contributed by atoms with E-state index in [1.165, 1.54) is 0 Å². The summed E-state index contributed by atoms with van der Waals surface area (Å²) in [5.74, 6) is -1.23. The van der Waals surface area contributed by atoms with Crippen LogP contribution in [0.1, 0.15) is 30.8 Å². The van der Waals surface area contributed by atoms with E-state index in [1.54, 1.807) is 30.3 Å². The van der Waals surface area contributed by atoms with Crippen LogP contribution in [0.4, 0.5) is 11.4 Å². The summed E-state index contributed by atoms with van der Waals surface area (Å²) < 4.78 is 4.56. The zero-order chi connectivity index (χ0) is 22.8. The minimum absolute atomic E-state index is 0.0898. The topological polar surface area (TPSA) is 133 Å². The summed E-state index contributed by atoms with van der Waals surface area (Å²) in [5.41, 5.74) is 2.31. The Balaban J connectivity index is 1.64. The highest BCUT2D eigenvalue weighted by Gasteiger charge is 2.18. The molecule has 0 radical (unpaired) electrons. The molecular formula is C22H20ClN5O4. The van der Waals surface area contributed by atoms with Gasteiger partial charge in [0, 0.05) is 21.9 Å². The average molecular weight is 454 g/mol. The van der Waals surface area contributed by atoms with Crippen molar-refractivity contribution in [3.63, 3.8) is 0 Å². The van der Waals surface area contributed by atoms with Crippen LogP contribution in [0.2, 0.25) is 5.02 Å². The second-order valence-electron chi connectivity index (χ2n) is 7.34. The highest BCUT2D eigenvalue weighted by atomic mass is 35.5. The molecule has 2 aromatic heterocycles. The summed E-state index contributed by atoms with van der Waals surface area (Å²) in [4.78, 5) is 42.1. The van der Waals surface area contributed by atoms with Crippen molar-refractivity contribution < 1.29 is 14.1 Å². The van der Waals surface area contributed by atoms with Gasteiger partial charge in [-0.1, -0.05) is 42.7 Å².